The Labute approximate surface area is 203 Å². The summed E-state index contributed by atoms with van der Waals surface area (Å²) in [6.07, 6.45) is 2.46. The Morgan fingerprint density at radius 1 is 0.879 bits per heavy atom. The predicted molar refractivity (Wildman–Crippen MR) is 134 cm³/mol. The summed E-state index contributed by atoms with van der Waals surface area (Å²) in [6, 6.07) is 25.9. The summed E-state index contributed by atoms with van der Waals surface area (Å²) in [5.41, 5.74) is 2.95. The van der Waals surface area contributed by atoms with Crippen molar-refractivity contribution in [2.24, 2.45) is 0 Å². The molecule has 7 heteroatoms. The van der Waals surface area contributed by atoms with E-state index in [0.717, 1.165) is 41.5 Å². The number of halogens is 1. The number of ether oxygens (including phenoxy) is 1. The summed E-state index contributed by atoms with van der Waals surface area (Å²) >= 11 is 12.1. The monoisotopic (exact) mass is 476 g/mol. The van der Waals surface area contributed by atoms with Crippen LogP contribution in [0.5, 0.6) is 5.75 Å². The number of hydrogen-bond donors (Lipinski definition) is 0. The quantitative estimate of drug-likeness (QED) is 0.291. The van der Waals surface area contributed by atoms with Crippen LogP contribution < -0.4 is 4.74 Å². The van der Waals surface area contributed by atoms with E-state index < -0.39 is 0 Å². The van der Waals surface area contributed by atoms with Crippen molar-refractivity contribution in [3.05, 3.63) is 94.2 Å². The molecular weight excluding hydrogens is 452 g/mol. The van der Waals surface area contributed by atoms with Crippen molar-refractivity contribution in [3.8, 4) is 22.8 Å². The zero-order chi connectivity index (χ0) is 22.6. The van der Waals surface area contributed by atoms with Crippen LogP contribution in [0.25, 0.3) is 17.1 Å². The van der Waals surface area contributed by atoms with Crippen LogP contribution in [0, 0.1) is 4.77 Å². The largest absolute Gasteiger partial charge is 0.489 e. The molecule has 0 spiro atoms. The molecule has 0 radical (unpaired) electrons. The molecule has 1 aliphatic heterocycles. The van der Waals surface area contributed by atoms with E-state index in [0.29, 0.717) is 23.1 Å². The number of benzene rings is 3. The second-order valence-corrected chi connectivity index (χ2v) is 8.92. The van der Waals surface area contributed by atoms with Gasteiger partial charge in [-0.15, -0.1) is 5.10 Å². The molecule has 1 fully saturated rings. The molecule has 168 valence electrons. The van der Waals surface area contributed by atoms with E-state index in [1.807, 2.05) is 76.0 Å². The molecule has 1 aromatic heterocycles. The molecule has 0 aliphatic carbocycles. The van der Waals surface area contributed by atoms with E-state index >= 15 is 0 Å². The Morgan fingerprint density at radius 3 is 2.30 bits per heavy atom. The van der Waals surface area contributed by atoms with Crippen molar-refractivity contribution in [1.29, 1.82) is 0 Å². The molecule has 1 aliphatic rings. The average Bonchev–Trinajstić information content (AvgIpc) is 3.48. The molecule has 0 N–H and O–H groups in total. The number of rotatable bonds is 7. The number of hydrogen-bond acceptors (Lipinski definition) is 4. The van der Waals surface area contributed by atoms with Crippen molar-refractivity contribution in [1.82, 2.24) is 19.2 Å². The van der Waals surface area contributed by atoms with Gasteiger partial charge in [-0.25, -0.2) is 4.68 Å². The van der Waals surface area contributed by atoms with Crippen LogP contribution in [-0.2, 0) is 13.3 Å². The van der Waals surface area contributed by atoms with Gasteiger partial charge in [0.05, 0.1) is 6.67 Å². The highest BCUT2D eigenvalue weighted by Gasteiger charge is 2.18. The summed E-state index contributed by atoms with van der Waals surface area (Å²) in [4.78, 5) is 2.40. The molecule has 2 heterocycles. The van der Waals surface area contributed by atoms with Crippen LogP contribution in [0.2, 0.25) is 5.02 Å². The smallest absolute Gasteiger partial charge is 0.204 e. The first-order valence-electron chi connectivity index (χ1n) is 11.1. The number of para-hydroxylation sites is 1. The molecular formula is C26H25ClN4OS. The van der Waals surface area contributed by atoms with Crippen molar-refractivity contribution in [2.45, 2.75) is 26.1 Å². The first-order valence-corrected chi connectivity index (χ1v) is 11.9. The van der Waals surface area contributed by atoms with Gasteiger partial charge < -0.3 is 4.74 Å². The van der Waals surface area contributed by atoms with Crippen molar-refractivity contribution >= 4 is 23.8 Å². The Morgan fingerprint density at radius 2 is 1.58 bits per heavy atom. The topological polar surface area (TPSA) is 35.2 Å². The van der Waals surface area contributed by atoms with E-state index in [4.69, 9.17) is 33.7 Å². The van der Waals surface area contributed by atoms with Gasteiger partial charge in [0.1, 0.15) is 12.4 Å². The van der Waals surface area contributed by atoms with Crippen LogP contribution in [0.1, 0.15) is 18.4 Å². The minimum atomic E-state index is 0.420. The fraction of sp³-hybridized carbons (Fsp3) is 0.231. The van der Waals surface area contributed by atoms with E-state index in [-0.39, 0.29) is 0 Å². The van der Waals surface area contributed by atoms with Gasteiger partial charge in [0.15, 0.2) is 5.82 Å². The maximum atomic E-state index is 6.24. The molecule has 4 aromatic rings. The standard InChI is InChI=1S/C26H25ClN4OS/c27-24-11-5-4-8-21(24)18-32-23-14-12-20(13-15-23)25-28-30(19-29-16-6-7-17-29)26(33)31(25)22-9-2-1-3-10-22/h1-5,8-15H,6-7,16-19H2. The maximum absolute atomic E-state index is 6.24. The highest BCUT2D eigenvalue weighted by atomic mass is 35.5. The van der Waals surface area contributed by atoms with Gasteiger partial charge in [0.2, 0.25) is 4.77 Å². The minimum absolute atomic E-state index is 0.420. The lowest BCUT2D eigenvalue weighted by Crippen LogP contribution is -2.23. The summed E-state index contributed by atoms with van der Waals surface area (Å²) in [6.45, 7) is 3.31. The van der Waals surface area contributed by atoms with E-state index in [1.165, 1.54) is 12.8 Å². The van der Waals surface area contributed by atoms with Gasteiger partial charge in [0.25, 0.3) is 0 Å². The Balaban J connectivity index is 1.43. The number of aromatic nitrogens is 3. The lowest BCUT2D eigenvalue weighted by Gasteiger charge is -2.13. The van der Waals surface area contributed by atoms with Crippen molar-refractivity contribution in [3.63, 3.8) is 0 Å². The summed E-state index contributed by atoms with van der Waals surface area (Å²) < 4.78 is 10.6. The molecule has 0 amide bonds. The van der Waals surface area contributed by atoms with Crippen LogP contribution in [-0.4, -0.2) is 32.3 Å². The minimum Gasteiger partial charge on any atom is -0.489 e. The van der Waals surface area contributed by atoms with E-state index in [9.17, 15) is 0 Å². The van der Waals surface area contributed by atoms with Gasteiger partial charge in [-0.2, -0.15) is 0 Å². The average molecular weight is 477 g/mol. The fourth-order valence-electron chi connectivity index (χ4n) is 4.09. The predicted octanol–water partition coefficient (Wildman–Crippen LogP) is 6.36. The highest BCUT2D eigenvalue weighted by molar-refractivity contribution is 7.71. The molecule has 1 saturated heterocycles. The molecule has 5 nitrogen and oxygen atoms in total. The second kappa shape index (κ2) is 9.91. The van der Waals surface area contributed by atoms with Crippen LogP contribution in [0.15, 0.2) is 78.9 Å². The Bertz CT molecular complexity index is 1280. The number of nitrogens with zero attached hydrogens (tertiary/aromatic N) is 4. The molecule has 5 rings (SSSR count). The van der Waals surface area contributed by atoms with Crippen molar-refractivity contribution < 1.29 is 4.74 Å². The third-order valence-electron chi connectivity index (χ3n) is 5.85. The van der Waals surface area contributed by atoms with E-state index in [1.54, 1.807) is 0 Å². The van der Waals surface area contributed by atoms with Crippen LogP contribution in [0.3, 0.4) is 0 Å². The lowest BCUT2D eigenvalue weighted by molar-refractivity contribution is 0.253. The van der Waals surface area contributed by atoms with Gasteiger partial charge in [-0.1, -0.05) is 48.0 Å². The molecule has 0 saturated carbocycles. The molecule has 0 bridgehead atoms. The zero-order valence-corrected chi connectivity index (χ0v) is 19.8. The van der Waals surface area contributed by atoms with Gasteiger partial charge >= 0.3 is 0 Å². The van der Waals surface area contributed by atoms with Crippen molar-refractivity contribution in [2.75, 3.05) is 13.1 Å². The Kier molecular flexibility index (Phi) is 6.58. The third kappa shape index (κ3) is 4.88. The highest BCUT2D eigenvalue weighted by Crippen LogP contribution is 2.26. The van der Waals surface area contributed by atoms with Gasteiger partial charge in [-0.05, 0) is 80.6 Å². The summed E-state index contributed by atoms with van der Waals surface area (Å²) in [5.74, 6) is 1.60. The number of likely N-dealkylation sites (tertiary alicyclic amines) is 1. The molecule has 3 aromatic carbocycles. The summed E-state index contributed by atoms with van der Waals surface area (Å²) in [7, 11) is 0. The van der Waals surface area contributed by atoms with Gasteiger partial charge in [0, 0.05) is 21.8 Å². The second-order valence-electron chi connectivity index (χ2n) is 8.15. The zero-order valence-electron chi connectivity index (χ0n) is 18.2. The first kappa shape index (κ1) is 21.9. The fourth-order valence-corrected chi connectivity index (χ4v) is 4.57. The Hall–Kier alpha value is -2.93. The van der Waals surface area contributed by atoms with E-state index in [2.05, 4.69) is 17.0 Å². The first-order chi connectivity index (χ1) is 16.2. The summed E-state index contributed by atoms with van der Waals surface area (Å²) in [5, 5.41) is 5.64. The maximum Gasteiger partial charge on any atom is 0.204 e. The van der Waals surface area contributed by atoms with Gasteiger partial charge in [-0.3, -0.25) is 9.47 Å². The SMILES string of the molecule is S=c1n(CN2CCCC2)nc(-c2ccc(OCc3ccccc3Cl)cc2)n1-c1ccccc1. The van der Waals surface area contributed by atoms with Crippen LogP contribution >= 0.6 is 23.8 Å². The normalized spacial score (nSPS) is 14.0. The molecule has 0 atom stereocenters. The lowest BCUT2D eigenvalue weighted by atomic mass is 10.2. The molecule has 33 heavy (non-hydrogen) atoms. The third-order valence-corrected chi connectivity index (χ3v) is 6.61. The van der Waals surface area contributed by atoms with Crippen LogP contribution in [0.4, 0.5) is 0 Å². The molecule has 0 unspecified atom stereocenters.